The van der Waals surface area contributed by atoms with Gasteiger partial charge in [-0.1, -0.05) is 37.4 Å². The lowest BCUT2D eigenvalue weighted by atomic mass is 10.1. The van der Waals surface area contributed by atoms with Gasteiger partial charge in [0.15, 0.2) is 16.8 Å². The summed E-state index contributed by atoms with van der Waals surface area (Å²) in [4.78, 5) is 25.5. The molecule has 12 heteroatoms. The van der Waals surface area contributed by atoms with E-state index in [0.717, 1.165) is 0 Å². The van der Waals surface area contributed by atoms with Gasteiger partial charge in [-0.25, -0.2) is 0 Å². The Hall–Kier alpha value is -4.04. The zero-order chi connectivity index (χ0) is 32.8. The molecule has 0 aliphatic carbocycles. The fourth-order valence-corrected chi connectivity index (χ4v) is 4.05. The van der Waals surface area contributed by atoms with E-state index in [1.54, 1.807) is 48.6 Å². The molecule has 0 unspecified atom stereocenters. The number of fused-ring (bicyclic) bond motifs is 1. The van der Waals surface area contributed by atoms with Crippen molar-refractivity contribution in [2.24, 2.45) is 5.73 Å². The molecule has 0 fully saturated rings. The number of carbonyl (C=O) groups is 1. The van der Waals surface area contributed by atoms with Crippen LogP contribution in [0.15, 0.2) is 77.0 Å². The molecule has 0 aliphatic rings. The highest BCUT2D eigenvalue weighted by molar-refractivity contribution is 5.94. The standard InChI is InChI=1S/C34H44N2O10/c1-3-13-44-30-10-9-28-29(37)25-31(46-32(28)33(30)45-14-4-2)26-5-7-27(8-6-26)34(38)36-12-16-40-18-20-42-22-24-43-23-21-41-19-17-39-15-11-35/h3-10,25H,1-2,11-24,35H2,(H,36,38). The summed E-state index contributed by atoms with van der Waals surface area (Å²) >= 11 is 0. The molecule has 1 heterocycles. The van der Waals surface area contributed by atoms with E-state index in [9.17, 15) is 9.59 Å². The molecule has 46 heavy (non-hydrogen) atoms. The second-order valence-corrected chi connectivity index (χ2v) is 9.63. The van der Waals surface area contributed by atoms with Crippen molar-refractivity contribution in [1.82, 2.24) is 5.32 Å². The van der Waals surface area contributed by atoms with Gasteiger partial charge in [0.1, 0.15) is 19.0 Å². The summed E-state index contributed by atoms with van der Waals surface area (Å²) in [5.74, 6) is 0.794. The Morgan fingerprint density at radius 1 is 0.761 bits per heavy atom. The maximum atomic E-state index is 12.9. The van der Waals surface area contributed by atoms with Crippen LogP contribution in [0.2, 0.25) is 0 Å². The Labute approximate surface area is 269 Å². The average Bonchev–Trinajstić information content (AvgIpc) is 3.07. The minimum Gasteiger partial charge on any atom is -0.486 e. The topological polar surface area (TPSA) is 150 Å². The van der Waals surface area contributed by atoms with E-state index in [0.29, 0.717) is 113 Å². The fraction of sp³-hybridized carbons (Fsp3) is 0.412. The fourth-order valence-electron chi connectivity index (χ4n) is 4.05. The zero-order valence-corrected chi connectivity index (χ0v) is 26.2. The third kappa shape index (κ3) is 12.4. The molecule has 0 aliphatic heterocycles. The molecule has 2 aromatic carbocycles. The number of nitrogens with two attached hydrogens (primary N) is 1. The first-order valence-corrected chi connectivity index (χ1v) is 15.1. The normalized spacial score (nSPS) is 11.0. The number of hydrogen-bond donors (Lipinski definition) is 2. The van der Waals surface area contributed by atoms with Crippen molar-refractivity contribution in [1.29, 1.82) is 0 Å². The Morgan fingerprint density at radius 2 is 1.33 bits per heavy atom. The van der Waals surface area contributed by atoms with E-state index >= 15 is 0 Å². The molecule has 0 saturated carbocycles. The number of rotatable bonds is 25. The Bertz CT molecular complexity index is 1410. The molecule has 3 rings (SSSR count). The van der Waals surface area contributed by atoms with Crippen LogP contribution in [0, 0.1) is 0 Å². The molecule has 0 atom stereocenters. The second-order valence-electron chi connectivity index (χ2n) is 9.63. The summed E-state index contributed by atoms with van der Waals surface area (Å²) in [6.07, 6.45) is 3.20. The van der Waals surface area contributed by atoms with Crippen LogP contribution in [0.25, 0.3) is 22.3 Å². The van der Waals surface area contributed by atoms with Crippen molar-refractivity contribution in [2.75, 3.05) is 92.4 Å². The minimum atomic E-state index is -0.250. The monoisotopic (exact) mass is 640 g/mol. The van der Waals surface area contributed by atoms with E-state index in [-0.39, 0.29) is 30.1 Å². The molecule has 12 nitrogen and oxygen atoms in total. The molecule has 3 N–H and O–H groups in total. The van der Waals surface area contributed by atoms with E-state index in [4.69, 9.17) is 43.3 Å². The molecule has 0 saturated heterocycles. The van der Waals surface area contributed by atoms with Crippen LogP contribution in [0.3, 0.4) is 0 Å². The SMILES string of the molecule is C=CCOc1ccc2c(=O)cc(-c3ccc(C(=O)NCCOCCOCCOCCOCCOCCN)cc3)oc2c1OCC=C. The molecular formula is C34H44N2O10. The van der Waals surface area contributed by atoms with Gasteiger partial charge in [-0.3, -0.25) is 9.59 Å². The number of benzene rings is 2. The van der Waals surface area contributed by atoms with Crippen LogP contribution in [0.4, 0.5) is 0 Å². The Balaban J connectivity index is 1.38. The molecule has 1 aromatic heterocycles. The molecule has 250 valence electrons. The summed E-state index contributed by atoms with van der Waals surface area (Å²) in [5, 5.41) is 3.17. The second kappa shape index (κ2) is 21.7. The molecule has 0 spiro atoms. The highest BCUT2D eigenvalue weighted by Gasteiger charge is 2.17. The number of ether oxygens (including phenoxy) is 7. The smallest absolute Gasteiger partial charge is 0.251 e. The molecule has 0 bridgehead atoms. The molecular weight excluding hydrogens is 596 g/mol. The van der Waals surface area contributed by atoms with E-state index in [1.807, 2.05) is 0 Å². The third-order valence-electron chi connectivity index (χ3n) is 6.23. The Morgan fingerprint density at radius 3 is 1.91 bits per heavy atom. The molecule has 1 amide bonds. The predicted octanol–water partition coefficient (Wildman–Crippen LogP) is 3.36. The van der Waals surface area contributed by atoms with Gasteiger partial charge in [0, 0.05) is 30.3 Å². The number of hydrogen-bond acceptors (Lipinski definition) is 11. The quantitative estimate of drug-likeness (QED) is 0.104. The largest absolute Gasteiger partial charge is 0.486 e. The van der Waals surface area contributed by atoms with E-state index in [2.05, 4.69) is 18.5 Å². The van der Waals surface area contributed by atoms with E-state index < -0.39 is 0 Å². The van der Waals surface area contributed by atoms with Gasteiger partial charge in [0.05, 0.1) is 71.5 Å². The minimum absolute atomic E-state index is 0.195. The van der Waals surface area contributed by atoms with Crippen LogP contribution < -0.4 is 26.0 Å². The lowest BCUT2D eigenvalue weighted by molar-refractivity contribution is -0.0102. The van der Waals surface area contributed by atoms with Gasteiger partial charge in [-0.05, 0) is 24.3 Å². The van der Waals surface area contributed by atoms with Crippen molar-refractivity contribution in [3.8, 4) is 22.8 Å². The lowest BCUT2D eigenvalue weighted by Gasteiger charge is -2.13. The third-order valence-corrected chi connectivity index (χ3v) is 6.23. The van der Waals surface area contributed by atoms with Gasteiger partial charge in [-0.2, -0.15) is 0 Å². The van der Waals surface area contributed by atoms with Gasteiger partial charge in [0.2, 0.25) is 5.75 Å². The van der Waals surface area contributed by atoms with Crippen molar-refractivity contribution in [3.05, 3.63) is 83.6 Å². The highest BCUT2D eigenvalue weighted by atomic mass is 16.6. The highest BCUT2D eigenvalue weighted by Crippen LogP contribution is 2.36. The van der Waals surface area contributed by atoms with Crippen LogP contribution in [-0.4, -0.2) is 98.3 Å². The predicted molar refractivity (Wildman–Crippen MR) is 175 cm³/mol. The first-order valence-electron chi connectivity index (χ1n) is 15.1. The van der Waals surface area contributed by atoms with Gasteiger partial charge in [-0.15, -0.1) is 0 Å². The van der Waals surface area contributed by atoms with Gasteiger partial charge < -0.3 is 48.6 Å². The summed E-state index contributed by atoms with van der Waals surface area (Å²) < 4.78 is 44.6. The number of nitrogens with one attached hydrogen (secondary N) is 1. The molecule has 3 aromatic rings. The molecule has 0 radical (unpaired) electrons. The average molecular weight is 641 g/mol. The van der Waals surface area contributed by atoms with Crippen LogP contribution in [-0.2, 0) is 23.7 Å². The Kier molecular flexibility index (Phi) is 17.1. The maximum Gasteiger partial charge on any atom is 0.251 e. The van der Waals surface area contributed by atoms with Crippen LogP contribution >= 0.6 is 0 Å². The number of carbonyl (C=O) groups excluding carboxylic acids is 1. The first kappa shape index (κ1) is 36.4. The first-order chi connectivity index (χ1) is 22.6. The van der Waals surface area contributed by atoms with Crippen molar-refractivity contribution in [3.63, 3.8) is 0 Å². The van der Waals surface area contributed by atoms with Crippen molar-refractivity contribution >= 4 is 16.9 Å². The van der Waals surface area contributed by atoms with Crippen molar-refractivity contribution < 1.29 is 42.4 Å². The van der Waals surface area contributed by atoms with E-state index in [1.165, 1.54) is 6.07 Å². The summed E-state index contributed by atoms with van der Waals surface area (Å²) in [5.41, 5.74) is 6.43. The van der Waals surface area contributed by atoms with Gasteiger partial charge >= 0.3 is 0 Å². The van der Waals surface area contributed by atoms with Gasteiger partial charge in [0.25, 0.3) is 5.91 Å². The zero-order valence-electron chi connectivity index (χ0n) is 26.2. The van der Waals surface area contributed by atoms with Crippen LogP contribution in [0.5, 0.6) is 11.5 Å². The number of amides is 1. The maximum absolute atomic E-state index is 12.9. The summed E-state index contributed by atoms with van der Waals surface area (Å²) in [7, 11) is 0. The van der Waals surface area contributed by atoms with Crippen molar-refractivity contribution in [2.45, 2.75) is 0 Å². The van der Waals surface area contributed by atoms with Crippen LogP contribution in [0.1, 0.15) is 10.4 Å². The lowest BCUT2D eigenvalue weighted by Crippen LogP contribution is -2.27. The summed E-state index contributed by atoms with van der Waals surface area (Å²) in [6.45, 7) is 13.3. The summed E-state index contributed by atoms with van der Waals surface area (Å²) in [6, 6.07) is 11.5.